The van der Waals surface area contributed by atoms with Gasteiger partial charge >= 0.3 is 5.97 Å². The van der Waals surface area contributed by atoms with Gasteiger partial charge in [-0.25, -0.2) is 4.79 Å². The minimum atomic E-state index is -1.10. The summed E-state index contributed by atoms with van der Waals surface area (Å²) in [5.74, 6) is -1.10. The maximum Gasteiger partial charge on any atom is 0.339 e. The Balaban J connectivity index is 0.00000128. The second-order valence-electron chi connectivity index (χ2n) is 2.95. The number of benzene rings is 1. The lowest BCUT2D eigenvalue weighted by atomic mass is 10.1. The first kappa shape index (κ1) is 13.0. The van der Waals surface area contributed by atoms with Gasteiger partial charge in [-0.3, -0.25) is 4.98 Å². The molecule has 2 aromatic rings. The standard InChI is InChI=1S/C10H5Cl2NO2.ClH/c11-6-3-5-1-2-7(12)8(10(14)15)9(5)13-4-6;/h1-4H,(H,14,15);1H. The zero-order valence-corrected chi connectivity index (χ0v) is 10.1. The van der Waals surface area contributed by atoms with Crippen LogP contribution in [0.3, 0.4) is 0 Å². The summed E-state index contributed by atoms with van der Waals surface area (Å²) >= 11 is 11.5. The highest BCUT2D eigenvalue weighted by atomic mass is 35.5. The number of pyridine rings is 1. The molecule has 1 N–H and O–H groups in total. The number of hydrogen-bond donors (Lipinski definition) is 1. The van der Waals surface area contributed by atoms with Crippen molar-refractivity contribution in [2.24, 2.45) is 0 Å². The molecular formula is C10H6Cl3NO2. The van der Waals surface area contributed by atoms with Crippen molar-refractivity contribution in [2.75, 3.05) is 0 Å². The highest BCUT2D eigenvalue weighted by Crippen LogP contribution is 2.26. The number of carboxylic acid groups (broad SMARTS) is 1. The Morgan fingerprint density at radius 2 is 2.00 bits per heavy atom. The molecule has 0 spiro atoms. The molecule has 6 heteroatoms. The Bertz CT molecular complexity index is 557. The van der Waals surface area contributed by atoms with E-state index in [1.165, 1.54) is 12.3 Å². The number of halogens is 3. The minimum absolute atomic E-state index is 0. The number of aromatic nitrogens is 1. The fraction of sp³-hybridized carbons (Fsp3) is 0. The molecule has 0 saturated carbocycles. The van der Waals surface area contributed by atoms with Crippen LogP contribution >= 0.6 is 35.6 Å². The molecule has 16 heavy (non-hydrogen) atoms. The van der Waals surface area contributed by atoms with E-state index in [0.717, 1.165) is 0 Å². The Kier molecular flexibility index (Phi) is 3.97. The van der Waals surface area contributed by atoms with E-state index in [4.69, 9.17) is 28.3 Å². The lowest BCUT2D eigenvalue weighted by Crippen LogP contribution is -2.00. The van der Waals surface area contributed by atoms with Gasteiger partial charge in [0.2, 0.25) is 0 Å². The van der Waals surface area contributed by atoms with Crippen LogP contribution in [0.15, 0.2) is 24.4 Å². The van der Waals surface area contributed by atoms with Crippen molar-refractivity contribution in [1.29, 1.82) is 0 Å². The summed E-state index contributed by atoms with van der Waals surface area (Å²) in [4.78, 5) is 14.9. The number of rotatable bonds is 1. The van der Waals surface area contributed by atoms with E-state index in [1.807, 2.05) is 0 Å². The van der Waals surface area contributed by atoms with Gasteiger partial charge in [0, 0.05) is 11.6 Å². The number of carboxylic acids is 1. The van der Waals surface area contributed by atoms with Gasteiger partial charge in [0.25, 0.3) is 0 Å². The molecule has 1 aromatic carbocycles. The van der Waals surface area contributed by atoms with Crippen LogP contribution in [0.5, 0.6) is 0 Å². The summed E-state index contributed by atoms with van der Waals surface area (Å²) in [6.07, 6.45) is 1.40. The fourth-order valence-corrected chi connectivity index (χ4v) is 1.75. The van der Waals surface area contributed by atoms with Gasteiger partial charge in [0.05, 0.1) is 15.6 Å². The number of hydrogen-bond acceptors (Lipinski definition) is 2. The summed E-state index contributed by atoms with van der Waals surface area (Å²) in [5.41, 5.74) is 0.352. The molecule has 0 amide bonds. The molecule has 0 aliphatic rings. The van der Waals surface area contributed by atoms with Crippen LogP contribution < -0.4 is 0 Å². The predicted molar refractivity (Wildman–Crippen MR) is 66.0 cm³/mol. The summed E-state index contributed by atoms with van der Waals surface area (Å²) in [6, 6.07) is 4.85. The number of carbonyl (C=O) groups is 1. The quantitative estimate of drug-likeness (QED) is 0.866. The van der Waals surface area contributed by atoms with Gasteiger partial charge in [-0.15, -0.1) is 12.4 Å². The van der Waals surface area contributed by atoms with Crippen LogP contribution in [0.1, 0.15) is 10.4 Å². The third kappa shape index (κ3) is 2.21. The van der Waals surface area contributed by atoms with E-state index in [1.54, 1.807) is 12.1 Å². The van der Waals surface area contributed by atoms with Crippen LogP contribution in [0.4, 0.5) is 0 Å². The first-order chi connectivity index (χ1) is 7.09. The number of fused-ring (bicyclic) bond motifs is 1. The van der Waals surface area contributed by atoms with Crippen molar-refractivity contribution >= 4 is 52.5 Å². The van der Waals surface area contributed by atoms with E-state index in [2.05, 4.69) is 4.98 Å². The van der Waals surface area contributed by atoms with Gasteiger partial charge in [-0.2, -0.15) is 0 Å². The largest absolute Gasteiger partial charge is 0.478 e. The molecule has 0 radical (unpaired) electrons. The van der Waals surface area contributed by atoms with Crippen molar-refractivity contribution in [3.63, 3.8) is 0 Å². The van der Waals surface area contributed by atoms with Crippen molar-refractivity contribution in [3.05, 3.63) is 40.0 Å². The molecule has 0 saturated heterocycles. The van der Waals surface area contributed by atoms with E-state index in [0.29, 0.717) is 15.9 Å². The van der Waals surface area contributed by atoms with E-state index in [-0.39, 0.29) is 23.0 Å². The average molecular weight is 279 g/mol. The van der Waals surface area contributed by atoms with Gasteiger partial charge < -0.3 is 5.11 Å². The van der Waals surface area contributed by atoms with Crippen molar-refractivity contribution in [2.45, 2.75) is 0 Å². The first-order valence-electron chi connectivity index (χ1n) is 4.06. The van der Waals surface area contributed by atoms with Gasteiger partial charge in [0.15, 0.2) is 0 Å². The van der Waals surface area contributed by atoms with Gasteiger partial charge in [0.1, 0.15) is 5.56 Å². The summed E-state index contributed by atoms with van der Waals surface area (Å²) in [6.45, 7) is 0. The second kappa shape index (κ2) is 4.87. The third-order valence-corrected chi connectivity index (χ3v) is 2.50. The van der Waals surface area contributed by atoms with Crippen LogP contribution in [0.2, 0.25) is 10.0 Å². The van der Waals surface area contributed by atoms with E-state index >= 15 is 0 Å². The Labute approximate surface area is 107 Å². The SMILES string of the molecule is Cl.O=C(O)c1c(Cl)ccc2cc(Cl)cnc12. The molecule has 3 nitrogen and oxygen atoms in total. The molecule has 0 atom stereocenters. The van der Waals surface area contributed by atoms with Crippen molar-refractivity contribution in [3.8, 4) is 0 Å². The number of aromatic carboxylic acids is 1. The Hall–Kier alpha value is -1.03. The molecule has 1 aromatic heterocycles. The smallest absolute Gasteiger partial charge is 0.339 e. The first-order valence-corrected chi connectivity index (χ1v) is 4.82. The summed E-state index contributed by atoms with van der Waals surface area (Å²) in [7, 11) is 0. The van der Waals surface area contributed by atoms with Gasteiger partial charge in [-0.1, -0.05) is 29.3 Å². The summed E-state index contributed by atoms with van der Waals surface area (Å²) < 4.78 is 0. The van der Waals surface area contributed by atoms with Gasteiger partial charge in [-0.05, 0) is 12.1 Å². The third-order valence-electron chi connectivity index (χ3n) is 1.98. The molecule has 0 bridgehead atoms. The maximum atomic E-state index is 11.0. The monoisotopic (exact) mass is 277 g/mol. The minimum Gasteiger partial charge on any atom is -0.478 e. The zero-order valence-electron chi connectivity index (χ0n) is 7.78. The topological polar surface area (TPSA) is 50.2 Å². The van der Waals surface area contributed by atoms with Crippen LogP contribution in [-0.4, -0.2) is 16.1 Å². The molecule has 0 fully saturated rings. The van der Waals surface area contributed by atoms with E-state index < -0.39 is 5.97 Å². The number of nitrogens with zero attached hydrogens (tertiary/aromatic N) is 1. The summed E-state index contributed by atoms with van der Waals surface area (Å²) in [5, 5.41) is 10.3. The normalized spacial score (nSPS) is 9.88. The maximum absolute atomic E-state index is 11.0. The predicted octanol–water partition coefficient (Wildman–Crippen LogP) is 3.66. The van der Waals surface area contributed by atoms with Crippen LogP contribution in [0, 0.1) is 0 Å². The molecule has 0 aliphatic carbocycles. The highest BCUT2D eigenvalue weighted by molar-refractivity contribution is 6.35. The van der Waals surface area contributed by atoms with Crippen molar-refractivity contribution in [1.82, 2.24) is 4.98 Å². The average Bonchev–Trinajstić information content (AvgIpc) is 2.17. The lowest BCUT2D eigenvalue weighted by Gasteiger charge is -2.03. The van der Waals surface area contributed by atoms with Crippen LogP contribution in [-0.2, 0) is 0 Å². The fourth-order valence-electron chi connectivity index (χ4n) is 1.35. The molecule has 84 valence electrons. The van der Waals surface area contributed by atoms with Crippen molar-refractivity contribution < 1.29 is 9.90 Å². The highest BCUT2D eigenvalue weighted by Gasteiger charge is 2.14. The molecule has 0 aliphatic heterocycles. The molecular weight excluding hydrogens is 272 g/mol. The van der Waals surface area contributed by atoms with E-state index in [9.17, 15) is 4.79 Å². The molecule has 0 unspecified atom stereocenters. The Morgan fingerprint density at radius 1 is 1.31 bits per heavy atom. The molecule has 1 heterocycles. The van der Waals surface area contributed by atoms with Crippen LogP contribution in [0.25, 0.3) is 10.9 Å². The molecule has 2 rings (SSSR count). The second-order valence-corrected chi connectivity index (χ2v) is 3.80. The lowest BCUT2D eigenvalue weighted by molar-refractivity contribution is 0.0699. The Morgan fingerprint density at radius 3 is 2.62 bits per heavy atom. The zero-order chi connectivity index (χ0) is 11.0.